The van der Waals surface area contributed by atoms with E-state index < -0.39 is 0 Å². The first kappa shape index (κ1) is 15.7. The van der Waals surface area contributed by atoms with Crippen LogP contribution in [0.15, 0.2) is 53.0 Å². The van der Waals surface area contributed by atoms with E-state index >= 15 is 0 Å². The Labute approximate surface area is 141 Å². The molecule has 0 saturated heterocycles. The summed E-state index contributed by atoms with van der Waals surface area (Å²) in [6, 6.07) is 13.6. The third-order valence-corrected chi connectivity index (χ3v) is 5.10. The summed E-state index contributed by atoms with van der Waals surface area (Å²) in [5.74, 6) is 0.224. The average Bonchev–Trinajstić information content (AvgIpc) is 3.25. The summed E-state index contributed by atoms with van der Waals surface area (Å²) < 4.78 is 1.63. The van der Waals surface area contributed by atoms with Crippen molar-refractivity contribution in [3.8, 4) is 5.69 Å². The highest BCUT2D eigenvalue weighted by Gasteiger charge is 2.14. The molecule has 0 spiro atoms. The normalized spacial score (nSPS) is 12.0. The molecule has 2 aromatic heterocycles. The van der Waals surface area contributed by atoms with Crippen molar-refractivity contribution in [2.24, 2.45) is 0 Å². The van der Waals surface area contributed by atoms with Gasteiger partial charge in [0.05, 0.1) is 17.5 Å². The molecule has 0 aliphatic carbocycles. The first-order valence-electron chi connectivity index (χ1n) is 7.03. The predicted octanol–water partition coefficient (Wildman–Crippen LogP) is 2.69. The summed E-state index contributed by atoms with van der Waals surface area (Å²) in [6.07, 6.45) is 0. The molecule has 0 aliphatic rings. The molecule has 1 atom stereocenters. The minimum atomic E-state index is -0.0430. The van der Waals surface area contributed by atoms with Crippen molar-refractivity contribution in [3.05, 3.63) is 52.7 Å². The van der Waals surface area contributed by atoms with Crippen molar-refractivity contribution in [1.29, 1.82) is 0 Å². The molecule has 6 nitrogen and oxygen atoms in total. The number of nitrogens with zero attached hydrogens (tertiary/aromatic N) is 4. The van der Waals surface area contributed by atoms with Gasteiger partial charge in [-0.2, -0.15) is 4.68 Å². The Morgan fingerprint density at radius 2 is 2.13 bits per heavy atom. The van der Waals surface area contributed by atoms with Crippen LogP contribution in [-0.2, 0) is 4.79 Å². The van der Waals surface area contributed by atoms with Gasteiger partial charge in [-0.15, -0.1) is 16.4 Å². The minimum Gasteiger partial charge on any atom is -0.348 e. The summed E-state index contributed by atoms with van der Waals surface area (Å²) in [5.41, 5.74) is 0.868. The zero-order chi connectivity index (χ0) is 16.1. The lowest BCUT2D eigenvalue weighted by molar-refractivity contribution is -0.119. The first-order chi connectivity index (χ1) is 11.2. The van der Waals surface area contributed by atoms with Gasteiger partial charge in [-0.1, -0.05) is 36.0 Å². The van der Waals surface area contributed by atoms with Crippen LogP contribution in [0, 0.1) is 0 Å². The van der Waals surface area contributed by atoms with Crippen LogP contribution in [0.25, 0.3) is 5.69 Å². The number of thiophene rings is 1. The Morgan fingerprint density at radius 1 is 1.30 bits per heavy atom. The summed E-state index contributed by atoms with van der Waals surface area (Å²) in [5, 5.41) is 17.2. The maximum Gasteiger partial charge on any atom is 0.230 e. The van der Waals surface area contributed by atoms with Crippen LogP contribution >= 0.6 is 23.1 Å². The Morgan fingerprint density at radius 3 is 2.87 bits per heavy atom. The van der Waals surface area contributed by atoms with E-state index in [0.29, 0.717) is 5.16 Å². The van der Waals surface area contributed by atoms with Gasteiger partial charge in [0.25, 0.3) is 0 Å². The van der Waals surface area contributed by atoms with Gasteiger partial charge in [-0.05, 0) is 40.9 Å². The van der Waals surface area contributed by atoms with Gasteiger partial charge in [-0.3, -0.25) is 4.79 Å². The highest BCUT2D eigenvalue weighted by atomic mass is 32.2. The number of nitrogens with one attached hydrogen (secondary N) is 1. The smallest absolute Gasteiger partial charge is 0.230 e. The largest absolute Gasteiger partial charge is 0.348 e. The van der Waals surface area contributed by atoms with Gasteiger partial charge in [0.2, 0.25) is 11.1 Å². The quantitative estimate of drug-likeness (QED) is 0.696. The number of rotatable bonds is 6. The van der Waals surface area contributed by atoms with Crippen LogP contribution in [-0.4, -0.2) is 31.9 Å². The number of tetrazole rings is 1. The van der Waals surface area contributed by atoms with Crippen molar-refractivity contribution in [2.45, 2.75) is 18.1 Å². The molecule has 2 heterocycles. The maximum absolute atomic E-state index is 12.1. The lowest BCUT2D eigenvalue weighted by Gasteiger charge is -2.11. The van der Waals surface area contributed by atoms with Gasteiger partial charge in [0.1, 0.15) is 0 Å². The highest BCUT2D eigenvalue weighted by Crippen LogP contribution is 2.20. The standard InChI is InChI=1S/C15H15N5OS2/c1-11(13-8-5-9-22-13)16-14(21)10-23-15-17-18-19-20(15)12-6-3-2-4-7-12/h2-9,11H,10H2,1H3,(H,16,21)/t11-/m0/s1. The summed E-state index contributed by atoms with van der Waals surface area (Å²) in [4.78, 5) is 13.2. The monoisotopic (exact) mass is 345 g/mol. The van der Waals surface area contributed by atoms with Crippen LogP contribution in [0.5, 0.6) is 0 Å². The molecule has 1 N–H and O–H groups in total. The molecule has 3 aromatic rings. The van der Waals surface area contributed by atoms with Crippen molar-refractivity contribution in [1.82, 2.24) is 25.5 Å². The van der Waals surface area contributed by atoms with E-state index in [9.17, 15) is 4.79 Å². The third-order valence-electron chi connectivity index (χ3n) is 3.12. The van der Waals surface area contributed by atoms with Gasteiger partial charge in [-0.25, -0.2) is 0 Å². The molecule has 0 radical (unpaired) electrons. The Kier molecular flexibility index (Phi) is 5.04. The molecule has 1 aromatic carbocycles. The second kappa shape index (κ2) is 7.38. The fourth-order valence-electron chi connectivity index (χ4n) is 2.02. The number of hydrogen-bond donors (Lipinski definition) is 1. The summed E-state index contributed by atoms with van der Waals surface area (Å²) >= 11 is 2.94. The van der Waals surface area contributed by atoms with Crippen LogP contribution in [0.4, 0.5) is 0 Å². The molecule has 0 aliphatic heterocycles. The lowest BCUT2D eigenvalue weighted by Crippen LogP contribution is -2.27. The second-order valence-corrected chi connectivity index (χ2v) is 6.72. The van der Waals surface area contributed by atoms with Crippen molar-refractivity contribution in [3.63, 3.8) is 0 Å². The zero-order valence-corrected chi connectivity index (χ0v) is 14.0. The Bertz CT molecular complexity index is 757. The number of carbonyl (C=O) groups excluding carboxylic acids is 1. The molecular formula is C15H15N5OS2. The number of para-hydroxylation sites is 1. The van der Waals surface area contributed by atoms with E-state index in [2.05, 4.69) is 20.8 Å². The van der Waals surface area contributed by atoms with Gasteiger partial charge in [0.15, 0.2) is 0 Å². The number of carbonyl (C=O) groups is 1. The fourth-order valence-corrected chi connectivity index (χ4v) is 3.46. The second-order valence-electron chi connectivity index (χ2n) is 4.80. The van der Waals surface area contributed by atoms with E-state index in [1.165, 1.54) is 11.8 Å². The lowest BCUT2D eigenvalue weighted by atomic mass is 10.3. The summed E-state index contributed by atoms with van der Waals surface area (Å²) in [7, 11) is 0. The van der Waals surface area contributed by atoms with Crippen LogP contribution in [0.3, 0.4) is 0 Å². The van der Waals surface area contributed by atoms with Crippen LogP contribution in [0.2, 0.25) is 0 Å². The molecular weight excluding hydrogens is 330 g/mol. The number of thioether (sulfide) groups is 1. The topological polar surface area (TPSA) is 72.7 Å². The van der Waals surface area contributed by atoms with E-state index in [1.54, 1.807) is 16.0 Å². The molecule has 0 fully saturated rings. The number of benzene rings is 1. The van der Waals surface area contributed by atoms with Gasteiger partial charge < -0.3 is 5.32 Å². The van der Waals surface area contributed by atoms with Crippen LogP contribution in [0.1, 0.15) is 17.8 Å². The van der Waals surface area contributed by atoms with Gasteiger partial charge >= 0.3 is 0 Å². The average molecular weight is 345 g/mol. The van der Waals surface area contributed by atoms with Crippen LogP contribution < -0.4 is 5.32 Å². The van der Waals surface area contributed by atoms with E-state index in [4.69, 9.17) is 0 Å². The van der Waals surface area contributed by atoms with E-state index in [1.807, 2.05) is 54.8 Å². The van der Waals surface area contributed by atoms with E-state index in [0.717, 1.165) is 10.6 Å². The summed E-state index contributed by atoms with van der Waals surface area (Å²) in [6.45, 7) is 1.97. The molecule has 0 saturated carbocycles. The highest BCUT2D eigenvalue weighted by molar-refractivity contribution is 7.99. The molecule has 1 amide bonds. The van der Waals surface area contributed by atoms with Crippen molar-refractivity contribution in [2.75, 3.05) is 5.75 Å². The Hall–Kier alpha value is -2.19. The zero-order valence-electron chi connectivity index (χ0n) is 12.4. The number of amides is 1. The minimum absolute atomic E-state index is 0.00761. The van der Waals surface area contributed by atoms with E-state index in [-0.39, 0.29) is 17.7 Å². The van der Waals surface area contributed by atoms with Crippen molar-refractivity contribution < 1.29 is 4.79 Å². The van der Waals surface area contributed by atoms with Gasteiger partial charge in [0, 0.05) is 4.88 Å². The molecule has 0 unspecified atom stereocenters. The van der Waals surface area contributed by atoms with Crippen molar-refractivity contribution >= 4 is 29.0 Å². The molecule has 23 heavy (non-hydrogen) atoms. The predicted molar refractivity (Wildman–Crippen MR) is 90.8 cm³/mol. The molecule has 3 rings (SSSR count). The Balaban J connectivity index is 1.59. The molecule has 8 heteroatoms. The number of aromatic nitrogens is 4. The molecule has 0 bridgehead atoms. The third kappa shape index (κ3) is 3.96. The number of hydrogen-bond acceptors (Lipinski definition) is 6. The SMILES string of the molecule is C[C@H](NC(=O)CSc1nnnn1-c1ccccc1)c1cccs1. The fraction of sp³-hybridized carbons (Fsp3) is 0.200. The first-order valence-corrected chi connectivity index (χ1v) is 8.90. The maximum atomic E-state index is 12.1. The molecule has 118 valence electrons.